The summed E-state index contributed by atoms with van der Waals surface area (Å²) in [6, 6.07) is 17.5. The summed E-state index contributed by atoms with van der Waals surface area (Å²) in [6.07, 6.45) is 0.816. The van der Waals surface area contributed by atoms with Crippen LogP contribution < -0.4 is 10.0 Å². The van der Waals surface area contributed by atoms with Crippen LogP contribution in [0.25, 0.3) is 0 Å². The van der Waals surface area contributed by atoms with Crippen LogP contribution in [0.1, 0.15) is 39.5 Å². The van der Waals surface area contributed by atoms with E-state index in [1.165, 1.54) is 0 Å². The fourth-order valence-electron chi connectivity index (χ4n) is 3.23. The Morgan fingerprint density at radius 1 is 0.900 bits per heavy atom. The van der Waals surface area contributed by atoms with E-state index in [9.17, 15) is 13.2 Å². The number of hydrogen-bond donors (Lipinski definition) is 2. The molecule has 2 N–H and O–H groups in total. The van der Waals surface area contributed by atoms with Gasteiger partial charge in [0.05, 0.1) is 10.6 Å². The highest BCUT2D eigenvalue weighted by Gasteiger charge is 2.17. The van der Waals surface area contributed by atoms with Crippen LogP contribution in [0.2, 0.25) is 0 Å². The topological polar surface area (TPSA) is 75.3 Å². The van der Waals surface area contributed by atoms with E-state index >= 15 is 0 Å². The molecule has 0 atom stereocenters. The molecule has 0 saturated heterocycles. The van der Waals surface area contributed by atoms with Crippen LogP contribution in [0.15, 0.2) is 65.6 Å². The largest absolute Gasteiger partial charge is 0.321 e. The minimum absolute atomic E-state index is 0.195. The quantitative estimate of drug-likeness (QED) is 0.571. The lowest BCUT2D eigenvalue weighted by atomic mass is 10.0. The molecule has 0 bridgehead atoms. The zero-order chi connectivity index (χ0) is 21.9. The van der Waals surface area contributed by atoms with Gasteiger partial charge in [0.25, 0.3) is 15.9 Å². The van der Waals surface area contributed by atoms with Crippen LogP contribution >= 0.6 is 0 Å². The minimum Gasteiger partial charge on any atom is -0.321 e. The summed E-state index contributed by atoms with van der Waals surface area (Å²) in [5.41, 5.74) is 5.46. The summed E-state index contributed by atoms with van der Waals surface area (Å²) in [4.78, 5) is 13.0. The SMILES string of the molecule is CCc1cccc(C)c1NC(=O)c1ccc(NS(=O)(=O)c2ccc(C)cc2)c(C)c1. The van der Waals surface area contributed by atoms with Gasteiger partial charge in [-0.2, -0.15) is 0 Å². The van der Waals surface area contributed by atoms with Crippen molar-refractivity contribution < 1.29 is 13.2 Å². The highest BCUT2D eigenvalue weighted by atomic mass is 32.2. The molecule has 0 aliphatic heterocycles. The first-order valence-corrected chi connectivity index (χ1v) is 11.3. The van der Waals surface area contributed by atoms with E-state index in [4.69, 9.17) is 0 Å². The first-order valence-electron chi connectivity index (χ1n) is 9.81. The van der Waals surface area contributed by atoms with Gasteiger partial charge < -0.3 is 5.32 Å². The summed E-state index contributed by atoms with van der Waals surface area (Å²) in [5, 5.41) is 2.99. The number of carbonyl (C=O) groups excluding carboxylic acids is 1. The molecule has 0 unspecified atom stereocenters. The summed E-state index contributed by atoms with van der Waals surface area (Å²) in [7, 11) is -3.70. The van der Waals surface area contributed by atoms with Gasteiger partial charge in [-0.25, -0.2) is 8.42 Å². The van der Waals surface area contributed by atoms with Crippen LogP contribution in [0, 0.1) is 20.8 Å². The molecule has 0 saturated carbocycles. The predicted octanol–water partition coefficient (Wildman–Crippen LogP) is 5.23. The molecule has 0 fully saturated rings. The van der Waals surface area contributed by atoms with Gasteiger partial charge >= 0.3 is 0 Å². The molecule has 0 spiro atoms. The zero-order valence-corrected chi connectivity index (χ0v) is 18.4. The highest BCUT2D eigenvalue weighted by molar-refractivity contribution is 7.92. The monoisotopic (exact) mass is 422 g/mol. The molecule has 6 heteroatoms. The van der Waals surface area contributed by atoms with Crippen molar-refractivity contribution in [1.82, 2.24) is 0 Å². The van der Waals surface area contributed by atoms with Gasteiger partial charge in [-0.05, 0) is 74.2 Å². The lowest BCUT2D eigenvalue weighted by Gasteiger charge is -2.15. The number of anilines is 2. The van der Waals surface area contributed by atoms with E-state index in [0.717, 1.165) is 28.8 Å². The molecule has 0 aliphatic rings. The highest BCUT2D eigenvalue weighted by Crippen LogP contribution is 2.24. The fourth-order valence-corrected chi connectivity index (χ4v) is 4.36. The average Bonchev–Trinajstić information content (AvgIpc) is 2.71. The second-order valence-electron chi connectivity index (χ2n) is 7.36. The van der Waals surface area contributed by atoms with Crippen LogP contribution in [0.4, 0.5) is 11.4 Å². The third kappa shape index (κ3) is 4.71. The maximum absolute atomic E-state index is 12.8. The molecule has 1 amide bonds. The number of para-hydroxylation sites is 1. The molecule has 5 nitrogen and oxygen atoms in total. The Labute approximate surface area is 178 Å². The van der Waals surface area contributed by atoms with Crippen molar-refractivity contribution in [2.45, 2.75) is 39.0 Å². The number of amides is 1. The lowest BCUT2D eigenvalue weighted by molar-refractivity contribution is 0.102. The summed E-state index contributed by atoms with van der Waals surface area (Å²) in [5.74, 6) is -0.227. The molecule has 3 rings (SSSR count). The van der Waals surface area contributed by atoms with E-state index in [-0.39, 0.29) is 10.8 Å². The van der Waals surface area contributed by atoms with Crippen molar-refractivity contribution in [2.24, 2.45) is 0 Å². The Kier molecular flexibility index (Phi) is 6.27. The number of aryl methyl sites for hydroxylation is 4. The normalized spacial score (nSPS) is 11.2. The molecule has 0 aromatic heterocycles. The molecule has 0 heterocycles. The number of sulfonamides is 1. The Morgan fingerprint density at radius 2 is 1.60 bits per heavy atom. The van der Waals surface area contributed by atoms with Gasteiger partial charge in [0, 0.05) is 11.3 Å². The Morgan fingerprint density at radius 3 is 2.23 bits per heavy atom. The Hall–Kier alpha value is -3.12. The molecule has 0 aliphatic carbocycles. The maximum atomic E-state index is 12.8. The summed E-state index contributed by atoms with van der Waals surface area (Å²) >= 11 is 0. The molecule has 156 valence electrons. The summed E-state index contributed by atoms with van der Waals surface area (Å²) < 4.78 is 27.9. The molecule has 3 aromatic carbocycles. The van der Waals surface area contributed by atoms with Gasteiger partial charge in [0.1, 0.15) is 0 Å². The molecular formula is C24H26N2O3S. The van der Waals surface area contributed by atoms with E-state index in [0.29, 0.717) is 16.8 Å². The smallest absolute Gasteiger partial charge is 0.261 e. The van der Waals surface area contributed by atoms with Gasteiger partial charge in [-0.3, -0.25) is 9.52 Å². The molecular weight excluding hydrogens is 396 g/mol. The van der Waals surface area contributed by atoms with Gasteiger partial charge in [0.2, 0.25) is 0 Å². The molecule has 30 heavy (non-hydrogen) atoms. The van der Waals surface area contributed by atoms with Crippen LogP contribution in [0.3, 0.4) is 0 Å². The molecule has 3 aromatic rings. The Bertz CT molecular complexity index is 1180. The fraction of sp³-hybridized carbons (Fsp3) is 0.208. The van der Waals surface area contributed by atoms with Crippen LogP contribution in [-0.4, -0.2) is 14.3 Å². The van der Waals surface area contributed by atoms with E-state index < -0.39 is 10.0 Å². The van der Waals surface area contributed by atoms with Crippen molar-refractivity contribution in [1.29, 1.82) is 0 Å². The summed E-state index contributed by atoms with van der Waals surface area (Å²) in [6.45, 7) is 7.68. The predicted molar refractivity (Wildman–Crippen MR) is 122 cm³/mol. The van der Waals surface area contributed by atoms with Crippen LogP contribution in [0.5, 0.6) is 0 Å². The van der Waals surface area contributed by atoms with E-state index in [2.05, 4.69) is 10.0 Å². The maximum Gasteiger partial charge on any atom is 0.261 e. The first-order chi connectivity index (χ1) is 14.2. The van der Waals surface area contributed by atoms with E-state index in [1.54, 1.807) is 49.4 Å². The van der Waals surface area contributed by atoms with Crippen LogP contribution in [-0.2, 0) is 16.4 Å². The Balaban J connectivity index is 1.82. The van der Waals surface area contributed by atoms with Crippen molar-refractivity contribution in [3.63, 3.8) is 0 Å². The zero-order valence-electron chi connectivity index (χ0n) is 17.6. The number of carbonyl (C=O) groups is 1. The third-order valence-electron chi connectivity index (χ3n) is 5.04. The van der Waals surface area contributed by atoms with Gasteiger partial charge in [-0.15, -0.1) is 0 Å². The standard InChI is InChI=1S/C24H26N2O3S/c1-5-19-8-6-7-17(3)23(19)25-24(27)20-11-14-22(18(4)15-20)26-30(28,29)21-12-9-16(2)10-13-21/h6-15,26H,5H2,1-4H3,(H,25,27). The second-order valence-corrected chi connectivity index (χ2v) is 9.05. The van der Waals surface area contributed by atoms with Crippen molar-refractivity contribution in [2.75, 3.05) is 10.0 Å². The molecule has 0 radical (unpaired) electrons. The number of rotatable bonds is 6. The van der Waals surface area contributed by atoms with Crippen molar-refractivity contribution in [3.8, 4) is 0 Å². The van der Waals surface area contributed by atoms with E-state index in [1.807, 2.05) is 39.0 Å². The number of hydrogen-bond acceptors (Lipinski definition) is 3. The number of benzene rings is 3. The van der Waals surface area contributed by atoms with Crippen molar-refractivity contribution in [3.05, 3.63) is 88.5 Å². The first kappa shape index (κ1) is 21.6. The average molecular weight is 423 g/mol. The minimum atomic E-state index is -3.70. The second kappa shape index (κ2) is 8.71. The van der Waals surface area contributed by atoms with Gasteiger partial charge in [0.15, 0.2) is 0 Å². The van der Waals surface area contributed by atoms with Crippen molar-refractivity contribution >= 4 is 27.3 Å². The third-order valence-corrected chi connectivity index (χ3v) is 6.42. The van der Waals surface area contributed by atoms with Gasteiger partial charge in [-0.1, -0.05) is 42.8 Å². The number of nitrogens with one attached hydrogen (secondary N) is 2. The lowest BCUT2D eigenvalue weighted by Crippen LogP contribution is -2.16.